The summed E-state index contributed by atoms with van der Waals surface area (Å²) in [6, 6.07) is 9.80. The summed E-state index contributed by atoms with van der Waals surface area (Å²) in [6.45, 7) is 1.24. The van der Waals surface area contributed by atoms with E-state index in [1.165, 1.54) is 55.4 Å². The molecular formula is C20H22N4. The first-order valence-electron chi connectivity index (χ1n) is 9.03. The second kappa shape index (κ2) is 5.71. The molecule has 4 heteroatoms. The molecule has 1 aliphatic carbocycles. The summed E-state index contributed by atoms with van der Waals surface area (Å²) in [5.41, 5.74) is 4.84. The quantitative estimate of drug-likeness (QED) is 0.729. The van der Waals surface area contributed by atoms with Gasteiger partial charge in [0.05, 0.1) is 23.6 Å². The molecule has 1 aliphatic heterocycles. The fourth-order valence-corrected chi connectivity index (χ4v) is 4.22. The van der Waals surface area contributed by atoms with Gasteiger partial charge in [-0.05, 0) is 49.9 Å². The third kappa shape index (κ3) is 2.25. The number of hydrogen-bond donors (Lipinski definition) is 0. The molecule has 1 atom stereocenters. The number of fused-ring (bicyclic) bond motifs is 1. The van der Waals surface area contributed by atoms with Gasteiger partial charge in [-0.1, -0.05) is 18.6 Å². The molecule has 0 spiro atoms. The van der Waals surface area contributed by atoms with Crippen molar-refractivity contribution in [2.75, 3.05) is 6.54 Å². The average Bonchev–Trinajstić information content (AvgIpc) is 3.20. The molecule has 1 saturated heterocycles. The Hall–Kier alpha value is -2.20. The summed E-state index contributed by atoms with van der Waals surface area (Å²) in [5.74, 6) is 0. The van der Waals surface area contributed by atoms with Crippen molar-refractivity contribution in [1.82, 2.24) is 19.3 Å². The van der Waals surface area contributed by atoms with E-state index < -0.39 is 0 Å². The maximum atomic E-state index is 4.81. The van der Waals surface area contributed by atoms with Crippen molar-refractivity contribution in [3.8, 4) is 11.1 Å². The van der Waals surface area contributed by atoms with E-state index in [9.17, 15) is 0 Å². The van der Waals surface area contributed by atoms with Crippen LogP contribution in [-0.4, -0.2) is 31.9 Å². The van der Waals surface area contributed by atoms with Gasteiger partial charge >= 0.3 is 0 Å². The van der Waals surface area contributed by atoms with Gasteiger partial charge in [-0.15, -0.1) is 0 Å². The summed E-state index contributed by atoms with van der Waals surface area (Å²) in [4.78, 5) is 11.7. The van der Waals surface area contributed by atoms with Crippen molar-refractivity contribution in [1.29, 1.82) is 0 Å². The van der Waals surface area contributed by atoms with Crippen molar-refractivity contribution in [2.45, 2.75) is 44.2 Å². The van der Waals surface area contributed by atoms with E-state index in [0.717, 1.165) is 11.6 Å². The highest BCUT2D eigenvalue weighted by Gasteiger charge is 2.36. The Labute approximate surface area is 142 Å². The molecule has 122 valence electrons. The fourth-order valence-electron chi connectivity index (χ4n) is 4.22. The zero-order valence-corrected chi connectivity index (χ0v) is 13.8. The summed E-state index contributed by atoms with van der Waals surface area (Å²) < 4.78 is 2.18. The van der Waals surface area contributed by atoms with Gasteiger partial charge in [0.15, 0.2) is 0 Å². The molecule has 24 heavy (non-hydrogen) atoms. The van der Waals surface area contributed by atoms with Crippen LogP contribution in [0, 0.1) is 0 Å². The van der Waals surface area contributed by atoms with E-state index in [-0.39, 0.29) is 0 Å². The van der Waals surface area contributed by atoms with Crippen LogP contribution < -0.4 is 0 Å². The van der Waals surface area contributed by atoms with Crippen molar-refractivity contribution in [3.63, 3.8) is 0 Å². The zero-order valence-electron chi connectivity index (χ0n) is 13.8. The molecule has 3 aromatic rings. The molecule has 0 bridgehead atoms. The van der Waals surface area contributed by atoms with Crippen LogP contribution in [0.1, 0.15) is 43.8 Å². The molecule has 5 rings (SSSR count). The van der Waals surface area contributed by atoms with Gasteiger partial charge in [-0.2, -0.15) is 0 Å². The lowest BCUT2D eigenvalue weighted by molar-refractivity contribution is 0.113. The molecule has 2 fully saturated rings. The highest BCUT2D eigenvalue weighted by molar-refractivity contribution is 5.66. The second-order valence-corrected chi connectivity index (χ2v) is 7.06. The first kappa shape index (κ1) is 14.2. The molecular weight excluding hydrogens is 296 g/mol. The van der Waals surface area contributed by atoms with Gasteiger partial charge < -0.3 is 4.40 Å². The number of rotatable bonds is 3. The van der Waals surface area contributed by atoms with Crippen LogP contribution in [0.5, 0.6) is 0 Å². The molecule has 0 N–H and O–H groups in total. The maximum absolute atomic E-state index is 4.81. The number of pyridine rings is 2. The normalized spacial score (nSPS) is 22.1. The predicted octanol–water partition coefficient (Wildman–Crippen LogP) is 4.09. The second-order valence-electron chi connectivity index (χ2n) is 7.06. The monoisotopic (exact) mass is 318 g/mol. The van der Waals surface area contributed by atoms with Crippen molar-refractivity contribution >= 4 is 5.52 Å². The Morgan fingerprint density at radius 1 is 1.00 bits per heavy atom. The Kier molecular flexibility index (Phi) is 3.37. The molecule has 0 unspecified atom stereocenters. The van der Waals surface area contributed by atoms with Gasteiger partial charge in [0.2, 0.25) is 0 Å². The van der Waals surface area contributed by atoms with Crippen molar-refractivity contribution in [3.05, 3.63) is 54.9 Å². The average molecular weight is 318 g/mol. The molecule has 3 aromatic heterocycles. The van der Waals surface area contributed by atoms with Crippen LogP contribution >= 0.6 is 0 Å². The van der Waals surface area contributed by atoms with Crippen LogP contribution in [0.3, 0.4) is 0 Å². The van der Waals surface area contributed by atoms with Gasteiger partial charge in [0, 0.05) is 30.2 Å². The molecule has 4 heterocycles. The minimum atomic E-state index is 0.504. The number of aromatic nitrogens is 3. The molecule has 0 radical (unpaired) electrons. The molecule has 0 amide bonds. The van der Waals surface area contributed by atoms with E-state index in [2.05, 4.69) is 38.7 Å². The van der Waals surface area contributed by atoms with Gasteiger partial charge in [0.1, 0.15) is 0 Å². The number of hydrogen-bond acceptors (Lipinski definition) is 3. The third-order valence-corrected chi connectivity index (χ3v) is 5.71. The van der Waals surface area contributed by atoms with Crippen LogP contribution in [0.2, 0.25) is 0 Å². The van der Waals surface area contributed by atoms with Crippen LogP contribution in [0.4, 0.5) is 0 Å². The minimum Gasteiger partial charge on any atom is -0.305 e. The fraction of sp³-hybridized carbons (Fsp3) is 0.400. The Morgan fingerprint density at radius 2 is 1.96 bits per heavy atom. The number of nitrogens with zero attached hydrogens (tertiary/aromatic N) is 4. The van der Waals surface area contributed by atoms with E-state index in [1.807, 2.05) is 24.8 Å². The Morgan fingerprint density at radius 3 is 2.75 bits per heavy atom. The lowest BCUT2D eigenvalue weighted by Crippen LogP contribution is -2.39. The lowest BCUT2D eigenvalue weighted by Gasteiger charge is -2.38. The van der Waals surface area contributed by atoms with E-state index in [4.69, 9.17) is 4.98 Å². The van der Waals surface area contributed by atoms with Gasteiger partial charge in [-0.25, -0.2) is 4.98 Å². The predicted molar refractivity (Wildman–Crippen MR) is 94.7 cm³/mol. The molecule has 2 aliphatic rings. The number of likely N-dealkylation sites (tertiary alicyclic amines) is 1. The lowest BCUT2D eigenvalue weighted by atomic mass is 9.90. The Balaban J connectivity index is 1.51. The summed E-state index contributed by atoms with van der Waals surface area (Å²) in [7, 11) is 0. The van der Waals surface area contributed by atoms with E-state index >= 15 is 0 Å². The standard InChI is InChI=1S/C20H22N4/c1-5-17(6-1)24-11-3-7-19(24)20-18-9-8-16(13-23(18)14-22-20)15-4-2-10-21-12-15/h2,4,8-10,12-14,17,19H,1,3,5-7,11H2/t19-/m1/s1. The summed E-state index contributed by atoms with van der Waals surface area (Å²) >= 11 is 0. The smallest absolute Gasteiger partial charge is 0.0996 e. The van der Waals surface area contributed by atoms with Crippen LogP contribution in [0.25, 0.3) is 16.6 Å². The largest absolute Gasteiger partial charge is 0.305 e. The van der Waals surface area contributed by atoms with Gasteiger partial charge in [-0.3, -0.25) is 9.88 Å². The van der Waals surface area contributed by atoms with Crippen LogP contribution in [-0.2, 0) is 0 Å². The zero-order chi connectivity index (χ0) is 15.9. The minimum absolute atomic E-state index is 0.504. The SMILES string of the molecule is c1cncc(-c2ccc3c([C@H]4CCCN4C4CCC4)ncn3c2)c1. The highest BCUT2D eigenvalue weighted by atomic mass is 15.2. The topological polar surface area (TPSA) is 33.4 Å². The molecule has 4 nitrogen and oxygen atoms in total. The summed E-state index contributed by atoms with van der Waals surface area (Å²) in [5, 5.41) is 0. The number of imidazole rings is 1. The van der Waals surface area contributed by atoms with Gasteiger partial charge in [0.25, 0.3) is 0 Å². The van der Waals surface area contributed by atoms with Crippen molar-refractivity contribution in [2.24, 2.45) is 0 Å². The van der Waals surface area contributed by atoms with Crippen molar-refractivity contribution < 1.29 is 0 Å². The maximum Gasteiger partial charge on any atom is 0.0996 e. The van der Waals surface area contributed by atoms with E-state index in [1.54, 1.807) is 0 Å². The highest BCUT2D eigenvalue weighted by Crippen LogP contribution is 2.40. The Bertz CT molecular complexity index is 850. The molecule has 1 saturated carbocycles. The first-order valence-corrected chi connectivity index (χ1v) is 9.03. The third-order valence-electron chi connectivity index (χ3n) is 5.71. The molecule has 0 aromatic carbocycles. The van der Waals surface area contributed by atoms with Crippen LogP contribution in [0.15, 0.2) is 49.2 Å². The first-order chi connectivity index (χ1) is 11.9. The summed E-state index contributed by atoms with van der Waals surface area (Å²) in [6.07, 6.45) is 14.5. The van der Waals surface area contributed by atoms with E-state index in [0.29, 0.717) is 6.04 Å².